The van der Waals surface area contributed by atoms with Gasteiger partial charge >= 0.3 is 0 Å². The number of amides is 2. The highest BCUT2D eigenvalue weighted by molar-refractivity contribution is 5.90. The zero-order valence-electron chi connectivity index (χ0n) is 12.5. The largest absolute Gasteiger partial charge is 0.393 e. The maximum absolute atomic E-state index is 12.5. The molecule has 0 spiro atoms. The first-order valence-electron chi connectivity index (χ1n) is 7.45. The van der Waals surface area contributed by atoms with E-state index in [1.165, 1.54) is 0 Å². The Kier molecular flexibility index (Phi) is 4.65. The van der Waals surface area contributed by atoms with Crippen molar-refractivity contribution < 1.29 is 14.7 Å². The number of aliphatic hydroxyl groups excluding tert-OH is 1. The van der Waals surface area contributed by atoms with Crippen LogP contribution in [0.2, 0.25) is 0 Å². The highest BCUT2D eigenvalue weighted by Gasteiger charge is 2.47. The van der Waals surface area contributed by atoms with Gasteiger partial charge in [0.2, 0.25) is 11.8 Å². The summed E-state index contributed by atoms with van der Waals surface area (Å²) >= 11 is 0. The van der Waals surface area contributed by atoms with E-state index in [0.717, 1.165) is 32.7 Å². The minimum absolute atomic E-state index is 0.0800. The van der Waals surface area contributed by atoms with Crippen molar-refractivity contribution in [2.24, 2.45) is 11.8 Å². The Balaban J connectivity index is 1.91. The van der Waals surface area contributed by atoms with Gasteiger partial charge in [0.15, 0.2) is 0 Å². The molecule has 2 aliphatic rings. The summed E-state index contributed by atoms with van der Waals surface area (Å²) < 4.78 is 0. The summed E-state index contributed by atoms with van der Waals surface area (Å²) in [5.74, 6) is -0.803. The van der Waals surface area contributed by atoms with E-state index in [1.54, 1.807) is 6.92 Å². The van der Waals surface area contributed by atoms with Crippen LogP contribution >= 0.6 is 0 Å². The zero-order chi connectivity index (χ0) is 14.9. The van der Waals surface area contributed by atoms with E-state index >= 15 is 0 Å². The molecule has 0 aromatic heterocycles. The fourth-order valence-corrected chi connectivity index (χ4v) is 3.10. The molecular weight excluding hydrogens is 258 g/mol. The number of piperazine rings is 1. The molecule has 0 aromatic rings. The third-order valence-corrected chi connectivity index (χ3v) is 4.58. The second-order valence-electron chi connectivity index (χ2n) is 5.85. The number of hydrogen-bond acceptors (Lipinski definition) is 4. The quantitative estimate of drug-likeness (QED) is 0.668. The number of rotatable bonds is 4. The van der Waals surface area contributed by atoms with Crippen molar-refractivity contribution >= 4 is 11.8 Å². The SMILES string of the molecule is CCN1CCN(C(=O)C(C)[C@H]2NC(=O)[C@@H]2C(C)O)CC1. The fraction of sp³-hybridized carbons (Fsp3) is 0.857. The van der Waals surface area contributed by atoms with Gasteiger partial charge in [-0.1, -0.05) is 13.8 Å². The summed E-state index contributed by atoms with van der Waals surface area (Å²) in [6, 6.07) is -0.237. The van der Waals surface area contributed by atoms with Gasteiger partial charge in [0.05, 0.1) is 24.0 Å². The van der Waals surface area contributed by atoms with Crippen molar-refractivity contribution in [2.45, 2.75) is 32.9 Å². The molecule has 0 aliphatic carbocycles. The smallest absolute Gasteiger partial charge is 0.228 e. The Morgan fingerprint density at radius 3 is 2.40 bits per heavy atom. The molecule has 2 rings (SSSR count). The van der Waals surface area contributed by atoms with E-state index in [1.807, 2.05) is 11.8 Å². The van der Waals surface area contributed by atoms with Crippen molar-refractivity contribution in [3.63, 3.8) is 0 Å². The Morgan fingerprint density at radius 1 is 1.35 bits per heavy atom. The van der Waals surface area contributed by atoms with Crippen LogP contribution in [0.15, 0.2) is 0 Å². The van der Waals surface area contributed by atoms with Gasteiger partial charge in [-0.05, 0) is 13.5 Å². The molecule has 0 radical (unpaired) electrons. The number of likely N-dealkylation sites (N-methyl/N-ethyl adjacent to an activating group) is 1. The molecule has 2 aliphatic heterocycles. The van der Waals surface area contributed by atoms with Gasteiger partial charge in [0, 0.05) is 26.2 Å². The highest BCUT2D eigenvalue weighted by Crippen LogP contribution is 2.27. The molecule has 2 unspecified atom stereocenters. The van der Waals surface area contributed by atoms with Crippen molar-refractivity contribution in [3.8, 4) is 0 Å². The van der Waals surface area contributed by atoms with E-state index in [2.05, 4.69) is 17.1 Å². The summed E-state index contributed by atoms with van der Waals surface area (Å²) in [5.41, 5.74) is 0. The van der Waals surface area contributed by atoms with E-state index in [0.29, 0.717) is 0 Å². The molecule has 4 atom stereocenters. The van der Waals surface area contributed by atoms with Gasteiger partial charge in [-0.2, -0.15) is 0 Å². The molecule has 6 heteroatoms. The Hall–Kier alpha value is -1.14. The van der Waals surface area contributed by atoms with Crippen LogP contribution in [-0.4, -0.2) is 71.6 Å². The summed E-state index contributed by atoms with van der Waals surface area (Å²) in [5, 5.41) is 12.4. The second-order valence-corrected chi connectivity index (χ2v) is 5.85. The molecule has 20 heavy (non-hydrogen) atoms. The number of nitrogens with zero attached hydrogens (tertiary/aromatic N) is 2. The first-order valence-corrected chi connectivity index (χ1v) is 7.45. The van der Waals surface area contributed by atoms with Crippen LogP contribution in [0.4, 0.5) is 0 Å². The first-order chi connectivity index (χ1) is 9.45. The molecule has 0 saturated carbocycles. The minimum atomic E-state index is -0.707. The molecular formula is C14H25N3O3. The number of β-lactam (4-membered cyclic amide) rings is 1. The van der Waals surface area contributed by atoms with Gasteiger partial charge in [0.25, 0.3) is 0 Å². The summed E-state index contributed by atoms with van der Waals surface area (Å²) in [6.07, 6.45) is -0.707. The number of hydrogen-bond donors (Lipinski definition) is 2. The van der Waals surface area contributed by atoms with Crippen LogP contribution in [0.1, 0.15) is 20.8 Å². The average molecular weight is 283 g/mol. The Morgan fingerprint density at radius 2 is 1.95 bits per heavy atom. The maximum Gasteiger partial charge on any atom is 0.228 e. The normalized spacial score (nSPS) is 30.4. The molecule has 6 nitrogen and oxygen atoms in total. The molecule has 0 bridgehead atoms. The maximum atomic E-state index is 12.5. The van der Waals surface area contributed by atoms with Crippen LogP contribution in [0.3, 0.4) is 0 Å². The van der Waals surface area contributed by atoms with Crippen LogP contribution in [-0.2, 0) is 9.59 Å². The first kappa shape index (κ1) is 15.3. The van der Waals surface area contributed by atoms with Crippen molar-refractivity contribution in [2.75, 3.05) is 32.7 Å². The lowest BCUT2D eigenvalue weighted by atomic mass is 9.78. The number of nitrogens with one attached hydrogen (secondary N) is 1. The lowest BCUT2D eigenvalue weighted by Gasteiger charge is -2.43. The molecule has 2 amide bonds. The van der Waals surface area contributed by atoms with Gasteiger partial charge in [0.1, 0.15) is 0 Å². The summed E-state index contributed by atoms with van der Waals surface area (Å²) in [6.45, 7) is 9.89. The zero-order valence-corrected chi connectivity index (χ0v) is 12.5. The Bertz CT molecular complexity index is 378. The summed E-state index contributed by atoms with van der Waals surface area (Å²) in [7, 11) is 0. The Labute approximate surface area is 120 Å². The standard InChI is InChI=1S/C14H25N3O3/c1-4-16-5-7-17(8-6-16)14(20)9(2)12-11(10(3)18)13(19)15-12/h9-12,18H,4-8H2,1-3H3,(H,15,19)/t9?,10?,11-,12-/m1/s1. The van der Waals surface area contributed by atoms with Crippen molar-refractivity contribution in [3.05, 3.63) is 0 Å². The minimum Gasteiger partial charge on any atom is -0.393 e. The van der Waals surface area contributed by atoms with E-state index in [9.17, 15) is 14.7 Å². The van der Waals surface area contributed by atoms with Crippen molar-refractivity contribution in [1.82, 2.24) is 15.1 Å². The molecule has 2 fully saturated rings. The van der Waals surface area contributed by atoms with Gasteiger partial charge < -0.3 is 20.2 Å². The number of carbonyl (C=O) groups is 2. The summed E-state index contributed by atoms with van der Waals surface area (Å²) in [4.78, 5) is 28.1. The fourth-order valence-electron chi connectivity index (χ4n) is 3.10. The topological polar surface area (TPSA) is 72.9 Å². The third kappa shape index (κ3) is 2.81. The molecule has 0 aromatic carbocycles. The van der Waals surface area contributed by atoms with Crippen LogP contribution in [0, 0.1) is 11.8 Å². The molecule has 2 N–H and O–H groups in total. The number of carbonyl (C=O) groups excluding carboxylic acids is 2. The van der Waals surface area contributed by atoms with E-state index in [4.69, 9.17) is 0 Å². The molecule has 2 saturated heterocycles. The van der Waals surface area contributed by atoms with Crippen LogP contribution < -0.4 is 5.32 Å². The monoisotopic (exact) mass is 283 g/mol. The predicted molar refractivity (Wildman–Crippen MR) is 75.0 cm³/mol. The average Bonchev–Trinajstić information content (AvgIpc) is 2.42. The predicted octanol–water partition coefficient (Wildman–Crippen LogP) is -0.718. The molecule has 114 valence electrons. The van der Waals surface area contributed by atoms with E-state index in [-0.39, 0.29) is 23.8 Å². The van der Waals surface area contributed by atoms with Gasteiger partial charge in [-0.15, -0.1) is 0 Å². The lowest BCUT2D eigenvalue weighted by Crippen LogP contribution is -2.66. The lowest BCUT2D eigenvalue weighted by molar-refractivity contribution is -0.149. The van der Waals surface area contributed by atoms with Crippen molar-refractivity contribution in [1.29, 1.82) is 0 Å². The van der Waals surface area contributed by atoms with Crippen LogP contribution in [0.5, 0.6) is 0 Å². The van der Waals surface area contributed by atoms with E-state index < -0.39 is 12.0 Å². The second kappa shape index (κ2) is 6.10. The van der Waals surface area contributed by atoms with Gasteiger partial charge in [-0.25, -0.2) is 0 Å². The highest BCUT2D eigenvalue weighted by atomic mass is 16.3. The molecule has 2 heterocycles. The van der Waals surface area contributed by atoms with Crippen LogP contribution in [0.25, 0.3) is 0 Å². The van der Waals surface area contributed by atoms with Gasteiger partial charge in [-0.3, -0.25) is 9.59 Å². The third-order valence-electron chi connectivity index (χ3n) is 4.58. The number of aliphatic hydroxyl groups is 1.